The van der Waals surface area contributed by atoms with E-state index in [0.717, 1.165) is 37.7 Å². The highest BCUT2D eigenvalue weighted by atomic mass is 16.6. The second-order valence-electron chi connectivity index (χ2n) is 14.3. The molecule has 0 unspecified atom stereocenters. The predicted molar refractivity (Wildman–Crippen MR) is 188 cm³/mol. The van der Waals surface area contributed by atoms with Crippen LogP contribution in [0.2, 0.25) is 0 Å². The van der Waals surface area contributed by atoms with Gasteiger partial charge in [-0.15, -0.1) is 0 Å². The fraction of sp³-hybridized carbons (Fsp3) is 0.590. The van der Waals surface area contributed by atoms with E-state index in [9.17, 15) is 19.2 Å². The summed E-state index contributed by atoms with van der Waals surface area (Å²) in [5.41, 5.74) is 2.65. The number of piperidine rings is 1. The number of rotatable bonds is 15. The van der Waals surface area contributed by atoms with Gasteiger partial charge in [-0.25, -0.2) is 4.79 Å². The smallest absolute Gasteiger partial charge is 0.410 e. The lowest BCUT2D eigenvalue weighted by molar-refractivity contribution is -0.160. The van der Waals surface area contributed by atoms with Crippen molar-refractivity contribution in [3.8, 4) is 0 Å². The molecule has 2 amide bonds. The van der Waals surface area contributed by atoms with Gasteiger partial charge < -0.3 is 24.0 Å². The quantitative estimate of drug-likeness (QED) is 0.142. The van der Waals surface area contributed by atoms with Gasteiger partial charge in [0.1, 0.15) is 24.8 Å². The highest BCUT2D eigenvalue weighted by Gasteiger charge is 2.36. The molecule has 268 valence electrons. The van der Waals surface area contributed by atoms with Crippen LogP contribution in [-0.2, 0) is 48.0 Å². The Bertz CT molecular complexity index is 1360. The molecule has 1 heterocycles. The number of ether oxygens (including phenoxy) is 3. The number of amides is 2. The van der Waals surface area contributed by atoms with E-state index in [0.29, 0.717) is 38.3 Å². The molecule has 10 heteroatoms. The fourth-order valence-electron chi connectivity index (χ4n) is 6.79. The number of benzene rings is 2. The van der Waals surface area contributed by atoms with Gasteiger partial charge in [-0.3, -0.25) is 19.7 Å². The molecule has 2 aliphatic rings. The minimum absolute atomic E-state index is 0.158. The van der Waals surface area contributed by atoms with Gasteiger partial charge in [-0.2, -0.15) is 0 Å². The van der Waals surface area contributed by atoms with Gasteiger partial charge in [0.2, 0.25) is 5.91 Å². The lowest BCUT2D eigenvalue weighted by atomic mass is 9.91. The monoisotopic (exact) mass is 677 g/mol. The van der Waals surface area contributed by atoms with Crippen molar-refractivity contribution in [3.63, 3.8) is 0 Å². The van der Waals surface area contributed by atoms with Gasteiger partial charge in [0.15, 0.2) is 0 Å². The molecule has 1 aliphatic carbocycles. The lowest BCUT2D eigenvalue weighted by Crippen LogP contribution is -2.55. The third-order valence-corrected chi connectivity index (χ3v) is 9.30. The SMILES string of the molecule is CCOC(=O)[C@@H](CCCCC1CCN(C(=O)OCc2ccccc2)CC1)N[C@@H](C)C(=O)N(CC(=O)OC(C)(C)C)C1Cc2ccccc2C1. The number of unbranched alkanes of at least 4 members (excludes halogenated alkanes) is 1. The van der Waals surface area contributed by atoms with Crippen molar-refractivity contribution >= 4 is 23.9 Å². The topological polar surface area (TPSA) is 114 Å². The van der Waals surface area contributed by atoms with E-state index in [2.05, 4.69) is 17.4 Å². The highest BCUT2D eigenvalue weighted by molar-refractivity contribution is 5.87. The Hall–Kier alpha value is -3.92. The number of hydrogen-bond acceptors (Lipinski definition) is 8. The van der Waals surface area contributed by atoms with Crippen molar-refractivity contribution in [2.75, 3.05) is 26.2 Å². The number of esters is 2. The Morgan fingerprint density at radius 3 is 2.16 bits per heavy atom. The first-order chi connectivity index (χ1) is 23.4. The number of fused-ring (bicyclic) bond motifs is 1. The summed E-state index contributed by atoms with van der Waals surface area (Å²) in [4.78, 5) is 55.9. The predicted octanol–water partition coefficient (Wildman–Crippen LogP) is 5.84. The summed E-state index contributed by atoms with van der Waals surface area (Å²) in [6.45, 7) is 10.7. The number of hydrogen-bond donors (Lipinski definition) is 1. The first-order valence-corrected chi connectivity index (χ1v) is 17.9. The third kappa shape index (κ3) is 11.9. The Balaban J connectivity index is 1.27. The molecule has 1 aliphatic heterocycles. The maximum atomic E-state index is 14.0. The molecule has 0 saturated carbocycles. The molecule has 1 N–H and O–H groups in total. The summed E-state index contributed by atoms with van der Waals surface area (Å²) in [5.74, 6) is -0.575. The zero-order valence-electron chi connectivity index (χ0n) is 30.0. The molecular weight excluding hydrogens is 622 g/mol. The molecule has 2 aromatic rings. The number of nitrogens with one attached hydrogen (secondary N) is 1. The van der Waals surface area contributed by atoms with Crippen molar-refractivity contribution in [2.45, 2.75) is 116 Å². The van der Waals surface area contributed by atoms with Crippen LogP contribution >= 0.6 is 0 Å². The normalized spacial score (nSPS) is 16.4. The molecule has 1 saturated heterocycles. The van der Waals surface area contributed by atoms with Crippen LogP contribution in [-0.4, -0.2) is 83.7 Å². The number of carbonyl (C=O) groups is 4. The number of carbonyl (C=O) groups excluding carboxylic acids is 4. The standard InChI is InChI=1S/C39H55N3O7/c1-6-47-37(45)34(19-13-10-14-29-20-22-41(23-21-29)38(46)48-27-30-15-8-7-9-16-30)40-28(2)36(44)42(26-35(43)49-39(3,4)5)33-24-31-17-11-12-18-32(31)25-33/h7-9,11-12,15-18,28-29,33-34,40H,6,10,13-14,19-27H2,1-5H3/t28-,34+/m0/s1. The summed E-state index contributed by atoms with van der Waals surface area (Å²) in [6.07, 6.45) is 6.14. The van der Waals surface area contributed by atoms with Crippen molar-refractivity contribution < 1.29 is 33.4 Å². The van der Waals surface area contributed by atoms with Crippen LogP contribution in [0.3, 0.4) is 0 Å². The Morgan fingerprint density at radius 1 is 0.918 bits per heavy atom. The Labute approximate surface area is 291 Å². The molecule has 0 spiro atoms. The molecule has 0 aromatic heterocycles. The third-order valence-electron chi connectivity index (χ3n) is 9.30. The van der Waals surface area contributed by atoms with Gasteiger partial charge in [0.25, 0.3) is 0 Å². The van der Waals surface area contributed by atoms with Crippen LogP contribution in [0.15, 0.2) is 54.6 Å². The lowest BCUT2D eigenvalue weighted by Gasteiger charge is -2.33. The van der Waals surface area contributed by atoms with Gasteiger partial charge in [0.05, 0.1) is 12.6 Å². The van der Waals surface area contributed by atoms with Crippen LogP contribution in [0, 0.1) is 5.92 Å². The molecule has 2 atom stereocenters. The minimum atomic E-state index is -0.716. The van der Waals surface area contributed by atoms with Crippen molar-refractivity contribution in [1.82, 2.24) is 15.1 Å². The van der Waals surface area contributed by atoms with E-state index in [4.69, 9.17) is 14.2 Å². The summed E-state index contributed by atoms with van der Waals surface area (Å²) >= 11 is 0. The van der Waals surface area contributed by atoms with E-state index in [1.165, 1.54) is 11.1 Å². The zero-order chi connectivity index (χ0) is 35.4. The van der Waals surface area contributed by atoms with Crippen molar-refractivity contribution in [1.29, 1.82) is 0 Å². The first kappa shape index (κ1) is 37.9. The molecule has 1 fully saturated rings. The summed E-state index contributed by atoms with van der Waals surface area (Å²) in [7, 11) is 0. The summed E-state index contributed by atoms with van der Waals surface area (Å²) in [6, 6.07) is 16.2. The molecule has 0 radical (unpaired) electrons. The van der Waals surface area contributed by atoms with Gasteiger partial charge >= 0.3 is 18.0 Å². The minimum Gasteiger partial charge on any atom is -0.465 e. The summed E-state index contributed by atoms with van der Waals surface area (Å²) in [5, 5.41) is 3.25. The van der Waals surface area contributed by atoms with Crippen LogP contribution in [0.4, 0.5) is 4.79 Å². The van der Waals surface area contributed by atoms with E-state index in [1.807, 2.05) is 63.2 Å². The fourth-order valence-corrected chi connectivity index (χ4v) is 6.79. The molecule has 49 heavy (non-hydrogen) atoms. The van der Waals surface area contributed by atoms with Gasteiger partial charge in [-0.05, 0) is 89.3 Å². The van der Waals surface area contributed by atoms with Crippen LogP contribution in [0.1, 0.15) is 89.8 Å². The van der Waals surface area contributed by atoms with E-state index < -0.39 is 23.7 Å². The number of nitrogens with zero attached hydrogens (tertiary/aromatic N) is 2. The van der Waals surface area contributed by atoms with Crippen LogP contribution in [0.5, 0.6) is 0 Å². The highest BCUT2D eigenvalue weighted by Crippen LogP contribution is 2.27. The van der Waals surface area contributed by atoms with Gasteiger partial charge in [-0.1, -0.05) is 73.9 Å². The van der Waals surface area contributed by atoms with Crippen LogP contribution in [0.25, 0.3) is 0 Å². The first-order valence-electron chi connectivity index (χ1n) is 17.9. The molecule has 2 aromatic carbocycles. The molecule has 0 bridgehead atoms. The average molecular weight is 678 g/mol. The average Bonchev–Trinajstić information content (AvgIpc) is 3.51. The number of likely N-dealkylation sites (tertiary alicyclic amines) is 1. The van der Waals surface area contributed by atoms with Crippen molar-refractivity contribution in [3.05, 3.63) is 71.3 Å². The van der Waals surface area contributed by atoms with E-state index in [-0.39, 0.29) is 43.8 Å². The second-order valence-corrected chi connectivity index (χ2v) is 14.3. The second kappa shape index (κ2) is 18.2. The largest absolute Gasteiger partial charge is 0.465 e. The summed E-state index contributed by atoms with van der Waals surface area (Å²) < 4.78 is 16.5. The van der Waals surface area contributed by atoms with Crippen LogP contribution < -0.4 is 5.32 Å². The Morgan fingerprint density at radius 2 is 1.55 bits per heavy atom. The van der Waals surface area contributed by atoms with Crippen molar-refractivity contribution in [2.24, 2.45) is 5.92 Å². The zero-order valence-corrected chi connectivity index (χ0v) is 30.0. The Kier molecular flexibility index (Phi) is 14.1. The maximum absolute atomic E-state index is 14.0. The van der Waals surface area contributed by atoms with Gasteiger partial charge in [0, 0.05) is 19.1 Å². The van der Waals surface area contributed by atoms with E-state index >= 15 is 0 Å². The van der Waals surface area contributed by atoms with E-state index in [1.54, 1.807) is 23.6 Å². The maximum Gasteiger partial charge on any atom is 0.410 e. The molecule has 4 rings (SSSR count). The molecule has 10 nitrogen and oxygen atoms in total. The molecular formula is C39H55N3O7.